The number of Topliss-reactive ketones (excluding diaryl/α,β-unsaturated/α-hetero) is 1. The predicted octanol–water partition coefficient (Wildman–Crippen LogP) is 4.18. The second-order valence-electron chi connectivity index (χ2n) is 4.09. The minimum atomic E-state index is 0.146. The molecule has 0 aliphatic rings. The van der Waals surface area contributed by atoms with E-state index in [0.717, 1.165) is 27.5 Å². The highest BCUT2D eigenvalue weighted by Crippen LogP contribution is 2.29. The fourth-order valence-corrected chi connectivity index (χ4v) is 2.10. The molecule has 2 aromatic carbocycles. The van der Waals surface area contributed by atoms with E-state index in [0.29, 0.717) is 6.42 Å². The van der Waals surface area contributed by atoms with Gasteiger partial charge in [0.1, 0.15) is 11.2 Å². The van der Waals surface area contributed by atoms with Gasteiger partial charge in [-0.25, -0.2) is 0 Å². The molecule has 1 heterocycles. The third-order valence-corrected chi connectivity index (χ3v) is 3.02. The molecule has 0 unspecified atom stereocenters. The van der Waals surface area contributed by atoms with E-state index >= 15 is 0 Å². The smallest absolute Gasteiger partial charge is 0.162 e. The maximum atomic E-state index is 11.6. The summed E-state index contributed by atoms with van der Waals surface area (Å²) in [6.07, 6.45) is 0.520. The van der Waals surface area contributed by atoms with Gasteiger partial charge < -0.3 is 4.42 Å². The topological polar surface area (TPSA) is 30.2 Å². The Morgan fingerprint density at radius 2 is 1.82 bits per heavy atom. The van der Waals surface area contributed by atoms with Gasteiger partial charge in [-0.1, -0.05) is 31.2 Å². The first-order valence-electron chi connectivity index (χ1n) is 5.74. The van der Waals surface area contributed by atoms with Crippen LogP contribution < -0.4 is 0 Å². The third-order valence-electron chi connectivity index (χ3n) is 3.02. The number of ketones is 1. The molecule has 84 valence electrons. The van der Waals surface area contributed by atoms with Crippen LogP contribution in [0.3, 0.4) is 0 Å². The standard InChI is InChI=1S/C15H12O2/c1-2-13(16)10-7-8-12-11-5-3-4-6-14(11)17-15(12)9-10/h3-9H,2H2,1H3. The van der Waals surface area contributed by atoms with Crippen molar-refractivity contribution < 1.29 is 9.21 Å². The number of fused-ring (bicyclic) bond motifs is 3. The van der Waals surface area contributed by atoms with E-state index in [4.69, 9.17) is 4.42 Å². The Kier molecular flexibility index (Phi) is 2.22. The van der Waals surface area contributed by atoms with Gasteiger partial charge in [0.2, 0.25) is 0 Å². The zero-order valence-electron chi connectivity index (χ0n) is 9.57. The molecule has 0 fully saturated rings. The molecular formula is C15H12O2. The normalized spacial score (nSPS) is 11.1. The van der Waals surface area contributed by atoms with Crippen LogP contribution in [0.25, 0.3) is 21.9 Å². The molecule has 3 aromatic rings. The minimum absolute atomic E-state index is 0.146. The van der Waals surface area contributed by atoms with E-state index in [1.165, 1.54) is 0 Å². The molecule has 0 spiro atoms. The summed E-state index contributed by atoms with van der Waals surface area (Å²) in [5, 5.41) is 2.16. The molecule has 0 aliphatic heterocycles. The van der Waals surface area contributed by atoms with Crippen LogP contribution in [0.5, 0.6) is 0 Å². The van der Waals surface area contributed by atoms with Crippen LogP contribution in [-0.4, -0.2) is 5.78 Å². The highest BCUT2D eigenvalue weighted by Gasteiger charge is 2.09. The van der Waals surface area contributed by atoms with Gasteiger partial charge >= 0.3 is 0 Å². The molecule has 0 saturated carbocycles. The Hall–Kier alpha value is -2.09. The number of hydrogen-bond donors (Lipinski definition) is 0. The van der Waals surface area contributed by atoms with E-state index in [1.54, 1.807) is 0 Å². The van der Waals surface area contributed by atoms with E-state index < -0.39 is 0 Å². The fraction of sp³-hybridized carbons (Fsp3) is 0.133. The first-order chi connectivity index (χ1) is 8.29. The van der Waals surface area contributed by atoms with Gasteiger partial charge in [0.15, 0.2) is 5.78 Å². The molecule has 0 atom stereocenters. The van der Waals surface area contributed by atoms with Gasteiger partial charge in [-0.2, -0.15) is 0 Å². The van der Waals surface area contributed by atoms with Gasteiger partial charge in [-0.05, 0) is 18.2 Å². The maximum Gasteiger partial charge on any atom is 0.162 e. The number of furan rings is 1. The highest BCUT2D eigenvalue weighted by molar-refractivity contribution is 6.07. The van der Waals surface area contributed by atoms with Crippen molar-refractivity contribution in [2.24, 2.45) is 0 Å². The minimum Gasteiger partial charge on any atom is -0.456 e. The molecule has 1 aromatic heterocycles. The summed E-state index contributed by atoms with van der Waals surface area (Å²) in [5.41, 5.74) is 2.37. The Morgan fingerprint density at radius 1 is 1.06 bits per heavy atom. The molecule has 0 saturated heterocycles. The monoisotopic (exact) mass is 224 g/mol. The van der Waals surface area contributed by atoms with Gasteiger partial charge in [0.25, 0.3) is 0 Å². The highest BCUT2D eigenvalue weighted by atomic mass is 16.3. The Labute approximate surface area is 98.8 Å². The molecule has 0 radical (unpaired) electrons. The first-order valence-corrected chi connectivity index (χ1v) is 5.74. The van der Waals surface area contributed by atoms with Crippen molar-refractivity contribution in [2.45, 2.75) is 13.3 Å². The summed E-state index contributed by atoms with van der Waals surface area (Å²) in [4.78, 5) is 11.6. The first kappa shape index (κ1) is 10.1. The fourth-order valence-electron chi connectivity index (χ4n) is 2.10. The van der Waals surface area contributed by atoms with Crippen molar-refractivity contribution in [3.63, 3.8) is 0 Å². The van der Waals surface area contributed by atoms with E-state index in [1.807, 2.05) is 49.4 Å². The molecule has 0 aliphatic carbocycles. The number of hydrogen-bond acceptors (Lipinski definition) is 2. The molecule has 3 rings (SSSR count). The van der Waals surface area contributed by atoms with Crippen molar-refractivity contribution in [3.05, 3.63) is 48.0 Å². The third kappa shape index (κ3) is 1.53. The molecule has 2 nitrogen and oxygen atoms in total. The molecule has 0 N–H and O–H groups in total. The van der Waals surface area contributed by atoms with Gasteiger partial charge in [0, 0.05) is 22.8 Å². The van der Waals surface area contributed by atoms with Crippen LogP contribution in [0.15, 0.2) is 46.9 Å². The SMILES string of the molecule is CCC(=O)c1ccc2c(c1)oc1ccccc12. The van der Waals surface area contributed by atoms with Crippen molar-refractivity contribution in [1.29, 1.82) is 0 Å². The Bertz CT molecular complexity index is 707. The second-order valence-corrected chi connectivity index (χ2v) is 4.09. The number of benzene rings is 2. The predicted molar refractivity (Wildman–Crippen MR) is 68.3 cm³/mol. The summed E-state index contributed by atoms with van der Waals surface area (Å²) in [7, 11) is 0. The summed E-state index contributed by atoms with van der Waals surface area (Å²) < 4.78 is 5.74. The molecule has 17 heavy (non-hydrogen) atoms. The lowest BCUT2D eigenvalue weighted by atomic mass is 10.1. The Morgan fingerprint density at radius 3 is 2.65 bits per heavy atom. The lowest BCUT2D eigenvalue weighted by molar-refractivity contribution is 0.0988. The van der Waals surface area contributed by atoms with Gasteiger partial charge in [-0.3, -0.25) is 4.79 Å². The second kappa shape index (κ2) is 3.74. The lowest BCUT2D eigenvalue weighted by Crippen LogP contribution is -1.94. The maximum absolute atomic E-state index is 11.6. The average molecular weight is 224 g/mol. The van der Waals surface area contributed by atoms with E-state index in [2.05, 4.69) is 0 Å². The largest absolute Gasteiger partial charge is 0.456 e. The number of carbonyl (C=O) groups excluding carboxylic acids is 1. The average Bonchev–Trinajstić information content (AvgIpc) is 2.75. The molecular weight excluding hydrogens is 212 g/mol. The van der Waals surface area contributed by atoms with E-state index in [9.17, 15) is 4.79 Å². The molecule has 0 amide bonds. The van der Waals surface area contributed by atoms with Crippen LogP contribution >= 0.6 is 0 Å². The van der Waals surface area contributed by atoms with E-state index in [-0.39, 0.29) is 5.78 Å². The number of carbonyl (C=O) groups is 1. The summed E-state index contributed by atoms with van der Waals surface area (Å²) in [6.45, 7) is 1.87. The zero-order valence-corrected chi connectivity index (χ0v) is 9.57. The van der Waals surface area contributed by atoms with Crippen molar-refractivity contribution in [1.82, 2.24) is 0 Å². The summed E-state index contributed by atoms with van der Waals surface area (Å²) >= 11 is 0. The van der Waals surface area contributed by atoms with Gasteiger partial charge in [0.05, 0.1) is 0 Å². The van der Waals surface area contributed by atoms with Crippen LogP contribution in [0.4, 0.5) is 0 Å². The van der Waals surface area contributed by atoms with Crippen LogP contribution in [0.2, 0.25) is 0 Å². The summed E-state index contributed by atoms with van der Waals surface area (Å²) in [5.74, 6) is 0.146. The van der Waals surface area contributed by atoms with Crippen LogP contribution in [-0.2, 0) is 0 Å². The van der Waals surface area contributed by atoms with Crippen LogP contribution in [0, 0.1) is 0 Å². The van der Waals surface area contributed by atoms with Crippen molar-refractivity contribution >= 4 is 27.7 Å². The number of rotatable bonds is 2. The quantitative estimate of drug-likeness (QED) is 0.611. The van der Waals surface area contributed by atoms with Crippen molar-refractivity contribution in [2.75, 3.05) is 0 Å². The summed E-state index contributed by atoms with van der Waals surface area (Å²) in [6, 6.07) is 13.6. The molecule has 2 heteroatoms. The Balaban J connectivity index is 2.30. The van der Waals surface area contributed by atoms with Gasteiger partial charge in [-0.15, -0.1) is 0 Å². The zero-order chi connectivity index (χ0) is 11.8. The van der Waals surface area contributed by atoms with Crippen LogP contribution in [0.1, 0.15) is 23.7 Å². The number of para-hydroxylation sites is 1. The lowest BCUT2D eigenvalue weighted by Gasteiger charge is -1.96. The molecule has 0 bridgehead atoms. The van der Waals surface area contributed by atoms with Crippen molar-refractivity contribution in [3.8, 4) is 0 Å².